The Bertz CT molecular complexity index is 204. The maximum absolute atomic E-state index is 5.32. The molecule has 0 aromatic heterocycles. The lowest BCUT2D eigenvalue weighted by Gasteiger charge is -2.26. The molecule has 1 rings (SSSR count). The van der Waals surface area contributed by atoms with Gasteiger partial charge in [0.05, 0.1) is 0 Å². The Morgan fingerprint density at radius 2 is 2.07 bits per heavy atom. The molecule has 4 heteroatoms. The van der Waals surface area contributed by atoms with E-state index in [1.807, 2.05) is 0 Å². The van der Waals surface area contributed by atoms with E-state index < -0.39 is 0 Å². The molecule has 1 unspecified atom stereocenters. The van der Waals surface area contributed by atoms with Crippen molar-refractivity contribution in [2.75, 3.05) is 32.7 Å². The van der Waals surface area contributed by atoms with Crippen LogP contribution in [0, 0.1) is 0 Å². The summed E-state index contributed by atoms with van der Waals surface area (Å²) in [7, 11) is 0. The van der Waals surface area contributed by atoms with Gasteiger partial charge in [0.15, 0.2) is 5.11 Å². The molecule has 1 aliphatic rings. The number of thiocarbonyl (C=S) groups is 1. The van der Waals surface area contributed by atoms with Gasteiger partial charge in [-0.05, 0) is 38.7 Å². The molecule has 0 aromatic rings. The quantitative estimate of drug-likeness (QED) is 0.732. The Hall–Kier alpha value is -0.350. The van der Waals surface area contributed by atoms with Crippen LogP contribution >= 0.6 is 12.2 Å². The van der Waals surface area contributed by atoms with E-state index in [9.17, 15) is 0 Å². The van der Waals surface area contributed by atoms with E-state index in [1.165, 1.54) is 6.42 Å². The lowest BCUT2D eigenvalue weighted by Crippen LogP contribution is -2.42. The molecule has 1 fully saturated rings. The van der Waals surface area contributed by atoms with Gasteiger partial charge in [0, 0.05) is 25.7 Å². The molecule has 0 amide bonds. The monoisotopic (exact) mass is 229 g/mol. The summed E-state index contributed by atoms with van der Waals surface area (Å²) in [5, 5.41) is 4.15. The number of likely N-dealkylation sites (tertiary alicyclic amines) is 1. The molecule has 0 aromatic carbocycles. The average molecular weight is 229 g/mol. The molecule has 0 radical (unpaired) electrons. The maximum atomic E-state index is 5.32. The topological polar surface area (TPSA) is 18.5 Å². The fourth-order valence-corrected chi connectivity index (χ4v) is 2.54. The van der Waals surface area contributed by atoms with Crippen LogP contribution in [0.3, 0.4) is 0 Å². The predicted molar refractivity (Wildman–Crippen MR) is 69.2 cm³/mol. The summed E-state index contributed by atoms with van der Waals surface area (Å²) in [6.45, 7) is 11.9. The van der Waals surface area contributed by atoms with Crippen molar-refractivity contribution in [1.82, 2.24) is 15.1 Å². The molecule has 0 bridgehead atoms. The van der Waals surface area contributed by atoms with Crippen molar-refractivity contribution in [2.24, 2.45) is 0 Å². The molecular formula is C11H23N3S. The molecule has 1 atom stereocenters. The van der Waals surface area contributed by atoms with E-state index >= 15 is 0 Å². The minimum absolute atomic E-state index is 0.691. The Balaban J connectivity index is 2.41. The number of rotatable bonds is 4. The molecule has 0 spiro atoms. The lowest BCUT2D eigenvalue weighted by molar-refractivity contribution is 0.223. The van der Waals surface area contributed by atoms with Crippen molar-refractivity contribution >= 4 is 17.3 Å². The molecule has 1 heterocycles. The summed E-state index contributed by atoms with van der Waals surface area (Å²) < 4.78 is 0. The van der Waals surface area contributed by atoms with Crippen molar-refractivity contribution in [3.05, 3.63) is 0 Å². The van der Waals surface area contributed by atoms with Crippen molar-refractivity contribution in [1.29, 1.82) is 0 Å². The SMILES string of the molecule is CCNC(=S)N1CCC(N(CC)CC)C1. The van der Waals surface area contributed by atoms with Gasteiger partial charge in [0.25, 0.3) is 0 Å². The first-order valence-electron chi connectivity index (χ1n) is 5.99. The molecule has 0 aliphatic carbocycles. The van der Waals surface area contributed by atoms with Crippen molar-refractivity contribution in [3.63, 3.8) is 0 Å². The minimum atomic E-state index is 0.691. The first-order valence-corrected chi connectivity index (χ1v) is 6.40. The van der Waals surface area contributed by atoms with Crippen LogP contribution in [-0.2, 0) is 0 Å². The summed E-state index contributed by atoms with van der Waals surface area (Å²) in [4.78, 5) is 4.82. The lowest BCUT2D eigenvalue weighted by atomic mass is 10.2. The highest BCUT2D eigenvalue weighted by atomic mass is 32.1. The number of hydrogen-bond acceptors (Lipinski definition) is 2. The Morgan fingerprint density at radius 3 is 2.60 bits per heavy atom. The van der Waals surface area contributed by atoms with Gasteiger partial charge in [-0.3, -0.25) is 4.90 Å². The van der Waals surface area contributed by atoms with Crippen LogP contribution in [0.1, 0.15) is 27.2 Å². The third-order valence-corrected chi connectivity index (χ3v) is 3.51. The van der Waals surface area contributed by atoms with Gasteiger partial charge in [-0.15, -0.1) is 0 Å². The Labute approximate surface area is 98.8 Å². The van der Waals surface area contributed by atoms with E-state index in [4.69, 9.17) is 12.2 Å². The fourth-order valence-electron chi connectivity index (χ4n) is 2.23. The van der Waals surface area contributed by atoms with Gasteiger partial charge in [-0.2, -0.15) is 0 Å². The van der Waals surface area contributed by atoms with E-state index in [1.54, 1.807) is 0 Å². The van der Waals surface area contributed by atoms with Gasteiger partial charge >= 0.3 is 0 Å². The second-order valence-corrected chi connectivity index (χ2v) is 4.33. The summed E-state index contributed by atoms with van der Waals surface area (Å²) in [6, 6.07) is 0.691. The van der Waals surface area contributed by atoms with Gasteiger partial charge in [-0.1, -0.05) is 13.8 Å². The minimum Gasteiger partial charge on any atom is -0.363 e. The zero-order valence-electron chi connectivity index (χ0n) is 10.1. The van der Waals surface area contributed by atoms with Crippen LogP contribution in [0.15, 0.2) is 0 Å². The van der Waals surface area contributed by atoms with Crippen LogP contribution in [0.5, 0.6) is 0 Å². The Kier molecular flexibility index (Phi) is 5.32. The highest BCUT2D eigenvalue weighted by Gasteiger charge is 2.27. The molecule has 1 N–H and O–H groups in total. The highest BCUT2D eigenvalue weighted by molar-refractivity contribution is 7.80. The number of nitrogens with zero attached hydrogens (tertiary/aromatic N) is 2. The summed E-state index contributed by atoms with van der Waals surface area (Å²) in [5.41, 5.74) is 0. The number of nitrogens with one attached hydrogen (secondary N) is 1. The second kappa shape index (κ2) is 6.28. The third kappa shape index (κ3) is 3.31. The summed E-state index contributed by atoms with van der Waals surface area (Å²) >= 11 is 5.32. The van der Waals surface area contributed by atoms with E-state index in [2.05, 4.69) is 35.9 Å². The molecule has 88 valence electrons. The molecular weight excluding hydrogens is 206 g/mol. The normalized spacial score (nSPS) is 21.1. The average Bonchev–Trinajstić information content (AvgIpc) is 2.69. The summed E-state index contributed by atoms with van der Waals surface area (Å²) in [5.74, 6) is 0. The second-order valence-electron chi connectivity index (χ2n) is 3.95. The van der Waals surface area contributed by atoms with Crippen molar-refractivity contribution < 1.29 is 0 Å². The highest BCUT2D eigenvalue weighted by Crippen LogP contribution is 2.15. The van der Waals surface area contributed by atoms with Crippen LogP contribution in [-0.4, -0.2) is 53.7 Å². The van der Waals surface area contributed by atoms with Crippen LogP contribution in [0.2, 0.25) is 0 Å². The van der Waals surface area contributed by atoms with Crippen molar-refractivity contribution in [2.45, 2.75) is 33.2 Å². The van der Waals surface area contributed by atoms with Gasteiger partial charge < -0.3 is 10.2 Å². The van der Waals surface area contributed by atoms with Gasteiger partial charge in [0.2, 0.25) is 0 Å². The first kappa shape index (κ1) is 12.7. The summed E-state index contributed by atoms with van der Waals surface area (Å²) in [6.07, 6.45) is 1.24. The zero-order valence-corrected chi connectivity index (χ0v) is 10.9. The molecule has 15 heavy (non-hydrogen) atoms. The third-order valence-electron chi connectivity index (χ3n) is 3.11. The smallest absolute Gasteiger partial charge is 0.168 e. The maximum Gasteiger partial charge on any atom is 0.168 e. The molecule has 1 aliphatic heterocycles. The first-order chi connectivity index (χ1) is 7.22. The standard InChI is InChI=1S/C11H23N3S/c1-4-12-11(15)14-8-7-10(9-14)13(5-2)6-3/h10H,4-9H2,1-3H3,(H,12,15). The van der Waals surface area contributed by atoms with Crippen LogP contribution in [0.25, 0.3) is 0 Å². The van der Waals surface area contributed by atoms with Gasteiger partial charge in [0.1, 0.15) is 0 Å². The van der Waals surface area contributed by atoms with E-state index in [-0.39, 0.29) is 0 Å². The van der Waals surface area contributed by atoms with Crippen molar-refractivity contribution in [3.8, 4) is 0 Å². The number of hydrogen-bond donors (Lipinski definition) is 1. The van der Waals surface area contributed by atoms with Crippen LogP contribution < -0.4 is 5.32 Å². The number of likely N-dealkylation sites (N-methyl/N-ethyl adjacent to an activating group) is 1. The zero-order chi connectivity index (χ0) is 11.3. The Morgan fingerprint density at radius 1 is 1.40 bits per heavy atom. The molecule has 1 saturated heterocycles. The fraction of sp³-hybridized carbons (Fsp3) is 0.909. The molecule has 3 nitrogen and oxygen atoms in total. The molecule has 0 saturated carbocycles. The van der Waals surface area contributed by atoms with E-state index in [0.29, 0.717) is 6.04 Å². The largest absolute Gasteiger partial charge is 0.363 e. The van der Waals surface area contributed by atoms with Gasteiger partial charge in [-0.25, -0.2) is 0 Å². The predicted octanol–water partition coefficient (Wildman–Crippen LogP) is 1.30. The van der Waals surface area contributed by atoms with Crippen LogP contribution in [0.4, 0.5) is 0 Å². The van der Waals surface area contributed by atoms with E-state index in [0.717, 1.165) is 37.8 Å².